The van der Waals surface area contributed by atoms with Crippen LogP contribution in [0.1, 0.15) is 0 Å². The normalized spacial score (nSPS) is 4.00. The van der Waals surface area contributed by atoms with Crippen LogP contribution in [0.5, 0.6) is 0 Å². The Hall–Kier alpha value is 1.10. The summed E-state index contributed by atoms with van der Waals surface area (Å²) < 4.78 is 8.74. The van der Waals surface area contributed by atoms with Crippen molar-refractivity contribution in [3.05, 3.63) is 0 Å². The minimum absolute atomic E-state index is 0. The van der Waals surface area contributed by atoms with E-state index < -0.39 is 9.17 Å². The van der Waals surface area contributed by atoms with E-state index in [1.165, 1.54) is 0 Å². The Bertz CT molecular complexity index is 33.8. The maximum atomic E-state index is 8.74. The number of hydrogen-bond acceptors (Lipinski definition) is 1. The molecule has 0 spiro atoms. The summed E-state index contributed by atoms with van der Waals surface area (Å²) in [4.78, 5) is 14.3. The van der Waals surface area contributed by atoms with Crippen molar-refractivity contribution in [3.8, 4) is 0 Å². The standard InChI is InChI=1S/Li.H2O3Si.Zr.H/c;1-4(2)3;;/h;1-2H;;. The van der Waals surface area contributed by atoms with Crippen molar-refractivity contribution < 1.29 is 40.3 Å². The molecule has 0 rings (SSSR count). The Morgan fingerprint density at radius 1 is 1.33 bits per heavy atom. The summed E-state index contributed by atoms with van der Waals surface area (Å²) in [6, 6.07) is 0. The van der Waals surface area contributed by atoms with E-state index in [1.54, 1.807) is 0 Å². The molecule has 0 fully saturated rings. The van der Waals surface area contributed by atoms with Crippen LogP contribution in [0.15, 0.2) is 0 Å². The summed E-state index contributed by atoms with van der Waals surface area (Å²) in [5.41, 5.74) is 0. The zero-order valence-corrected chi connectivity index (χ0v) is 5.76. The molecule has 30 valence electrons. The molecule has 0 aromatic rings. The van der Waals surface area contributed by atoms with E-state index >= 15 is 0 Å². The molecule has 0 bridgehead atoms. The van der Waals surface area contributed by atoms with Crippen LogP contribution in [0.4, 0.5) is 0 Å². The fourth-order valence-corrected chi connectivity index (χ4v) is 0. The molecule has 0 aliphatic carbocycles. The van der Waals surface area contributed by atoms with Crippen molar-refractivity contribution in [1.29, 1.82) is 0 Å². The molecule has 0 amide bonds. The van der Waals surface area contributed by atoms with Gasteiger partial charge in [-0.05, 0) is 0 Å². The molecule has 0 unspecified atom stereocenters. The third kappa shape index (κ3) is 71.1. The molecule has 0 saturated heterocycles. The second-order valence-corrected chi connectivity index (χ2v) is 0.848. The molecule has 0 heterocycles. The number of rotatable bonds is 0. The first-order chi connectivity index (χ1) is 1.73. The van der Waals surface area contributed by atoms with Crippen molar-refractivity contribution in [2.24, 2.45) is 0 Å². The monoisotopic (exact) mass is 176 g/mol. The van der Waals surface area contributed by atoms with Gasteiger partial charge < -0.3 is 9.59 Å². The van der Waals surface area contributed by atoms with Crippen molar-refractivity contribution in [2.45, 2.75) is 0 Å². The summed E-state index contributed by atoms with van der Waals surface area (Å²) in [7, 11) is -3.13. The Balaban J connectivity index is -0.0000000450. The van der Waals surface area contributed by atoms with Crippen LogP contribution in [0.25, 0.3) is 0 Å². The van der Waals surface area contributed by atoms with E-state index in [0.717, 1.165) is 0 Å². The van der Waals surface area contributed by atoms with E-state index in [9.17, 15) is 0 Å². The second kappa shape index (κ2) is 9.44. The Kier molecular flexibility index (Phi) is 24.7. The van der Waals surface area contributed by atoms with Crippen LogP contribution in [0.3, 0.4) is 0 Å². The fourth-order valence-electron chi connectivity index (χ4n) is 0. The predicted octanol–water partition coefficient (Wildman–Crippen LogP) is -2.26. The van der Waals surface area contributed by atoms with Crippen LogP contribution < -0.4 is 0 Å². The van der Waals surface area contributed by atoms with E-state index in [1.807, 2.05) is 0 Å². The van der Waals surface area contributed by atoms with Gasteiger partial charge in [0.25, 0.3) is 0 Å². The first-order valence-corrected chi connectivity index (χ1v) is 1.95. The minimum atomic E-state index is -3.13. The smallest absolute Gasteiger partial charge is 0 e. The Morgan fingerprint density at radius 3 is 1.33 bits per heavy atom. The molecule has 0 aliphatic rings. The summed E-state index contributed by atoms with van der Waals surface area (Å²) in [5, 5.41) is 0. The second-order valence-electron chi connectivity index (χ2n) is 0.283. The summed E-state index contributed by atoms with van der Waals surface area (Å²) in [6.07, 6.45) is 0. The van der Waals surface area contributed by atoms with Gasteiger partial charge in [-0.1, -0.05) is 0 Å². The van der Waals surface area contributed by atoms with Gasteiger partial charge in [0.2, 0.25) is 0 Å². The van der Waals surface area contributed by atoms with Gasteiger partial charge in [0.05, 0.1) is 0 Å². The molecule has 0 aromatic carbocycles. The van der Waals surface area contributed by atoms with Gasteiger partial charge >= 0.3 is 28.0 Å². The molecule has 0 aliphatic heterocycles. The maximum absolute atomic E-state index is 8.74. The van der Waals surface area contributed by atoms with Crippen LogP contribution in [-0.2, 0) is 30.7 Å². The van der Waals surface area contributed by atoms with Gasteiger partial charge in [-0.2, -0.15) is 0 Å². The van der Waals surface area contributed by atoms with Crippen molar-refractivity contribution in [1.82, 2.24) is 0 Å². The third-order valence-corrected chi connectivity index (χ3v) is 0. The number of hydrogen-bond donors (Lipinski definition) is 2. The van der Waals surface area contributed by atoms with Gasteiger partial charge in [-0.25, -0.2) is 0 Å². The van der Waals surface area contributed by atoms with Crippen LogP contribution in [-0.4, -0.2) is 37.6 Å². The van der Waals surface area contributed by atoms with Crippen LogP contribution in [0, 0.1) is 0 Å². The van der Waals surface area contributed by atoms with E-state index in [2.05, 4.69) is 0 Å². The van der Waals surface area contributed by atoms with Crippen molar-refractivity contribution in [2.75, 3.05) is 0 Å². The zero-order valence-electron chi connectivity index (χ0n) is 2.30. The van der Waals surface area contributed by atoms with E-state index in [-0.39, 0.29) is 45.1 Å². The molecular weight excluding hydrogens is 174 g/mol. The average molecular weight is 177 g/mol. The largest absolute Gasteiger partial charge is 0 e. The van der Waals surface area contributed by atoms with Crippen LogP contribution >= 0.6 is 0 Å². The first-order valence-electron chi connectivity index (χ1n) is 0.651. The molecule has 0 saturated carbocycles. The molecule has 0 atom stereocenters. The van der Waals surface area contributed by atoms with E-state index in [0.29, 0.717) is 0 Å². The molecule has 2 N–H and O–H groups in total. The Labute approximate surface area is 68.0 Å². The van der Waals surface area contributed by atoms with Gasteiger partial charge in [0.15, 0.2) is 0 Å². The van der Waals surface area contributed by atoms with Gasteiger partial charge in [0.1, 0.15) is 0 Å². The Morgan fingerprint density at radius 2 is 1.33 bits per heavy atom. The molecule has 6 heavy (non-hydrogen) atoms. The molecule has 0 aromatic heterocycles. The summed E-state index contributed by atoms with van der Waals surface area (Å²) >= 11 is 0. The average Bonchev–Trinajstić information content (AvgIpc) is 0.811. The zero-order chi connectivity index (χ0) is 3.58. The fraction of sp³-hybridized carbons (Fsp3) is 0. The summed E-state index contributed by atoms with van der Waals surface area (Å²) in [6.45, 7) is 0. The van der Waals surface area contributed by atoms with Crippen molar-refractivity contribution >= 4 is 28.0 Å². The van der Waals surface area contributed by atoms with Gasteiger partial charge in [-0.3, -0.25) is 4.46 Å². The SMILES string of the molecule is O=[Si](O)O.[LiH].[Zr]. The maximum Gasteiger partial charge on any atom is 0 e. The quantitative estimate of drug-likeness (QED) is 0.410. The molecule has 3 nitrogen and oxygen atoms in total. The van der Waals surface area contributed by atoms with Crippen LogP contribution in [0.2, 0.25) is 0 Å². The molecular formula is H3LiO3SiZr. The van der Waals surface area contributed by atoms with Crippen molar-refractivity contribution in [3.63, 3.8) is 0 Å². The topological polar surface area (TPSA) is 57.5 Å². The van der Waals surface area contributed by atoms with Gasteiger partial charge in [0, 0.05) is 26.2 Å². The summed E-state index contributed by atoms with van der Waals surface area (Å²) in [5.74, 6) is 0. The molecule has 6 heteroatoms. The first kappa shape index (κ1) is 15.7. The van der Waals surface area contributed by atoms with E-state index in [4.69, 9.17) is 14.1 Å². The third-order valence-electron chi connectivity index (χ3n) is 0. The predicted molar refractivity (Wildman–Crippen MR) is 18.0 cm³/mol. The minimum Gasteiger partial charge on any atom is 0 e. The molecule has 0 radical (unpaired) electrons. The van der Waals surface area contributed by atoms with Gasteiger partial charge in [-0.15, -0.1) is 0 Å².